The lowest BCUT2D eigenvalue weighted by atomic mass is 9.91. The van der Waals surface area contributed by atoms with Gasteiger partial charge in [0.2, 0.25) is 0 Å². The Bertz CT molecular complexity index is 453. The van der Waals surface area contributed by atoms with Gasteiger partial charge in [-0.1, -0.05) is 32.9 Å². The molecule has 2 unspecified atom stereocenters. The molecule has 1 aliphatic heterocycles. The molecule has 0 spiro atoms. The summed E-state index contributed by atoms with van der Waals surface area (Å²) in [7, 11) is 0. The van der Waals surface area contributed by atoms with Crippen LogP contribution in [0.1, 0.15) is 55.5 Å². The first-order valence-electron chi connectivity index (χ1n) is 7.64. The summed E-state index contributed by atoms with van der Waals surface area (Å²) in [6.45, 7) is 7.94. The molecule has 3 nitrogen and oxygen atoms in total. The molecule has 1 aromatic rings. The van der Waals surface area contributed by atoms with E-state index in [-0.39, 0.29) is 11.9 Å². The summed E-state index contributed by atoms with van der Waals surface area (Å²) in [6.07, 6.45) is 2.10. The van der Waals surface area contributed by atoms with Gasteiger partial charge < -0.3 is 10.6 Å². The number of amides is 1. The highest BCUT2D eigenvalue weighted by Crippen LogP contribution is 2.24. The number of nitrogens with zero attached hydrogens (tertiary/aromatic N) is 1. The van der Waals surface area contributed by atoms with Gasteiger partial charge in [0, 0.05) is 24.7 Å². The monoisotopic (exact) mass is 274 g/mol. The van der Waals surface area contributed by atoms with E-state index in [1.165, 1.54) is 5.56 Å². The van der Waals surface area contributed by atoms with Crippen molar-refractivity contribution in [2.75, 3.05) is 13.1 Å². The van der Waals surface area contributed by atoms with E-state index in [1.54, 1.807) is 0 Å². The third-order valence-electron chi connectivity index (χ3n) is 4.34. The zero-order valence-corrected chi connectivity index (χ0v) is 12.8. The minimum atomic E-state index is 0.127. The largest absolute Gasteiger partial charge is 0.334 e. The zero-order valence-electron chi connectivity index (χ0n) is 12.8. The van der Waals surface area contributed by atoms with Crippen molar-refractivity contribution in [1.82, 2.24) is 4.90 Å². The summed E-state index contributed by atoms with van der Waals surface area (Å²) < 4.78 is 0. The zero-order chi connectivity index (χ0) is 14.7. The van der Waals surface area contributed by atoms with Crippen LogP contribution in [0.3, 0.4) is 0 Å². The molecule has 0 aliphatic carbocycles. The number of hydrogen-bond acceptors (Lipinski definition) is 2. The molecule has 0 saturated carbocycles. The van der Waals surface area contributed by atoms with Gasteiger partial charge in [-0.25, -0.2) is 0 Å². The van der Waals surface area contributed by atoms with Crippen LogP contribution in [-0.4, -0.2) is 29.9 Å². The maximum atomic E-state index is 12.6. The average molecular weight is 274 g/mol. The molecule has 110 valence electrons. The number of piperidine rings is 1. The van der Waals surface area contributed by atoms with Gasteiger partial charge in [0.05, 0.1) is 0 Å². The van der Waals surface area contributed by atoms with Gasteiger partial charge in [0.1, 0.15) is 0 Å². The van der Waals surface area contributed by atoms with Crippen LogP contribution in [0.15, 0.2) is 24.3 Å². The number of carbonyl (C=O) groups is 1. The molecule has 2 N–H and O–H groups in total. The molecule has 0 radical (unpaired) electrons. The predicted molar refractivity (Wildman–Crippen MR) is 82.8 cm³/mol. The van der Waals surface area contributed by atoms with E-state index in [9.17, 15) is 4.79 Å². The van der Waals surface area contributed by atoms with E-state index < -0.39 is 0 Å². The molecule has 1 aromatic carbocycles. The SMILES string of the molecule is CC1CCN(C(=O)c2ccc(C(C)C)cc2)C(CN)C1. The second-order valence-electron chi connectivity index (χ2n) is 6.29. The van der Waals surface area contributed by atoms with Gasteiger partial charge in [-0.15, -0.1) is 0 Å². The molecule has 1 aliphatic rings. The molecule has 1 amide bonds. The van der Waals surface area contributed by atoms with Crippen molar-refractivity contribution in [3.05, 3.63) is 35.4 Å². The Morgan fingerprint density at radius 3 is 2.55 bits per heavy atom. The van der Waals surface area contributed by atoms with E-state index >= 15 is 0 Å². The van der Waals surface area contributed by atoms with Crippen molar-refractivity contribution < 1.29 is 4.79 Å². The van der Waals surface area contributed by atoms with Crippen molar-refractivity contribution in [3.8, 4) is 0 Å². The van der Waals surface area contributed by atoms with Crippen LogP contribution in [-0.2, 0) is 0 Å². The highest BCUT2D eigenvalue weighted by Gasteiger charge is 2.29. The molecular formula is C17H26N2O. The summed E-state index contributed by atoms with van der Waals surface area (Å²) in [5, 5.41) is 0. The summed E-state index contributed by atoms with van der Waals surface area (Å²) in [4.78, 5) is 14.6. The van der Waals surface area contributed by atoms with E-state index in [0.717, 1.165) is 24.9 Å². The van der Waals surface area contributed by atoms with Gasteiger partial charge in [0.25, 0.3) is 5.91 Å². The number of hydrogen-bond donors (Lipinski definition) is 1. The Morgan fingerprint density at radius 1 is 1.35 bits per heavy atom. The Hall–Kier alpha value is -1.35. The molecule has 3 heteroatoms. The average Bonchev–Trinajstić information content (AvgIpc) is 2.46. The van der Waals surface area contributed by atoms with Gasteiger partial charge >= 0.3 is 0 Å². The Kier molecular flexibility index (Phi) is 4.81. The van der Waals surface area contributed by atoms with Crippen LogP contribution < -0.4 is 5.73 Å². The van der Waals surface area contributed by atoms with E-state index in [0.29, 0.717) is 18.4 Å². The molecule has 2 atom stereocenters. The highest BCUT2D eigenvalue weighted by molar-refractivity contribution is 5.94. The van der Waals surface area contributed by atoms with Crippen LogP contribution in [0.5, 0.6) is 0 Å². The van der Waals surface area contributed by atoms with Gasteiger partial charge in [-0.05, 0) is 42.4 Å². The number of nitrogens with two attached hydrogens (primary N) is 1. The maximum absolute atomic E-state index is 12.6. The number of benzene rings is 1. The van der Waals surface area contributed by atoms with Crippen LogP contribution in [0, 0.1) is 5.92 Å². The fraction of sp³-hybridized carbons (Fsp3) is 0.588. The van der Waals surface area contributed by atoms with Gasteiger partial charge in [0.15, 0.2) is 0 Å². The minimum Gasteiger partial charge on any atom is -0.334 e. The summed E-state index contributed by atoms with van der Waals surface area (Å²) >= 11 is 0. The minimum absolute atomic E-state index is 0.127. The third kappa shape index (κ3) is 3.21. The lowest BCUT2D eigenvalue weighted by molar-refractivity contribution is 0.0573. The molecule has 1 fully saturated rings. The second-order valence-corrected chi connectivity index (χ2v) is 6.29. The van der Waals surface area contributed by atoms with Crippen LogP contribution in [0.4, 0.5) is 0 Å². The Morgan fingerprint density at radius 2 is 2.00 bits per heavy atom. The molecule has 2 rings (SSSR count). The first-order valence-corrected chi connectivity index (χ1v) is 7.64. The molecule has 20 heavy (non-hydrogen) atoms. The summed E-state index contributed by atoms with van der Waals surface area (Å²) in [5.74, 6) is 1.28. The molecule has 1 heterocycles. The fourth-order valence-corrected chi connectivity index (χ4v) is 2.92. The Balaban J connectivity index is 2.13. The van der Waals surface area contributed by atoms with Gasteiger partial charge in [-0.3, -0.25) is 4.79 Å². The smallest absolute Gasteiger partial charge is 0.254 e. The summed E-state index contributed by atoms with van der Waals surface area (Å²) in [6, 6.07) is 8.20. The van der Waals surface area contributed by atoms with Gasteiger partial charge in [-0.2, -0.15) is 0 Å². The van der Waals surface area contributed by atoms with E-state index in [4.69, 9.17) is 5.73 Å². The number of carbonyl (C=O) groups excluding carboxylic acids is 1. The quantitative estimate of drug-likeness (QED) is 0.921. The predicted octanol–water partition coefficient (Wildman–Crippen LogP) is 3.01. The first kappa shape index (κ1) is 15.0. The summed E-state index contributed by atoms with van der Waals surface area (Å²) in [5.41, 5.74) is 7.89. The Labute approximate surface area is 122 Å². The maximum Gasteiger partial charge on any atom is 0.254 e. The van der Waals surface area contributed by atoms with Crippen molar-refractivity contribution in [2.24, 2.45) is 11.7 Å². The standard InChI is InChI=1S/C17H26N2O/c1-12(2)14-4-6-15(7-5-14)17(20)19-9-8-13(3)10-16(19)11-18/h4-7,12-13,16H,8-11,18H2,1-3H3. The molecule has 0 aromatic heterocycles. The number of likely N-dealkylation sites (tertiary alicyclic amines) is 1. The first-order chi connectivity index (χ1) is 9.52. The normalized spacial score (nSPS) is 23.1. The fourth-order valence-electron chi connectivity index (χ4n) is 2.92. The molecular weight excluding hydrogens is 248 g/mol. The lowest BCUT2D eigenvalue weighted by Gasteiger charge is -2.38. The second kappa shape index (κ2) is 6.40. The van der Waals surface area contributed by atoms with E-state index in [2.05, 4.69) is 32.9 Å². The van der Waals surface area contributed by atoms with Crippen LogP contribution in [0.2, 0.25) is 0 Å². The number of rotatable bonds is 3. The third-order valence-corrected chi connectivity index (χ3v) is 4.34. The topological polar surface area (TPSA) is 46.3 Å². The van der Waals surface area contributed by atoms with Crippen molar-refractivity contribution >= 4 is 5.91 Å². The van der Waals surface area contributed by atoms with Crippen LogP contribution in [0.25, 0.3) is 0 Å². The van der Waals surface area contributed by atoms with Crippen molar-refractivity contribution in [2.45, 2.75) is 45.6 Å². The van der Waals surface area contributed by atoms with Crippen LogP contribution >= 0.6 is 0 Å². The highest BCUT2D eigenvalue weighted by atomic mass is 16.2. The lowest BCUT2D eigenvalue weighted by Crippen LogP contribution is -2.49. The van der Waals surface area contributed by atoms with Crippen molar-refractivity contribution in [1.29, 1.82) is 0 Å². The van der Waals surface area contributed by atoms with Crippen molar-refractivity contribution in [3.63, 3.8) is 0 Å². The molecule has 1 saturated heterocycles. The van der Waals surface area contributed by atoms with E-state index in [1.807, 2.05) is 17.0 Å². The molecule has 0 bridgehead atoms.